The molecule has 2 aromatic rings. The number of amides is 1. The summed E-state index contributed by atoms with van der Waals surface area (Å²) < 4.78 is 18.3. The van der Waals surface area contributed by atoms with Crippen molar-refractivity contribution >= 4 is 5.91 Å². The summed E-state index contributed by atoms with van der Waals surface area (Å²) >= 11 is 0. The van der Waals surface area contributed by atoms with E-state index in [1.54, 1.807) is 25.1 Å². The number of rotatable bonds is 4. The zero-order chi connectivity index (χ0) is 14.7. The molecule has 0 atom stereocenters. The first-order valence-electron chi connectivity index (χ1n) is 6.17. The predicted octanol–water partition coefficient (Wildman–Crippen LogP) is 2.95. The Hall–Kier alpha value is -2.14. The molecule has 1 aromatic heterocycles. The number of nitrogens with zero attached hydrogens (tertiary/aromatic N) is 1. The molecule has 1 heterocycles. The van der Waals surface area contributed by atoms with E-state index >= 15 is 0 Å². The van der Waals surface area contributed by atoms with Gasteiger partial charge in [0.2, 0.25) is 0 Å². The van der Waals surface area contributed by atoms with Crippen molar-refractivity contribution in [2.75, 3.05) is 14.2 Å². The van der Waals surface area contributed by atoms with E-state index in [9.17, 15) is 9.18 Å². The number of hydrogen-bond donors (Lipinski definition) is 0. The van der Waals surface area contributed by atoms with Gasteiger partial charge in [0.1, 0.15) is 11.6 Å². The van der Waals surface area contributed by atoms with E-state index in [4.69, 9.17) is 9.25 Å². The van der Waals surface area contributed by atoms with Crippen molar-refractivity contribution in [2.24, 2.45) is 0 Å². The maximum atomic E-state index is 12.9. The van der Waals surface area contributed by atoms with Crippen molar-refractivity contribution in [3.63, 3.8) is 0 Å². The van der Waals surface area contributed by atoms with E-state index in [0.717, 1.165) is 16.2 Å². The lowest BCUT2D eigenvalue weighted by atomic mass is 10.0. The van der Waals surface area contributed by atoms with Crippen LogP contribution in [0.25, 0.3) is 0 Å². The number of halogens is 1. The zero-order valence-corrected chi connectivity index (χ0v) is 11.6. The Bertz CT molecular complexity index is 604. The quantitative estimate of drug-likeness (QED) is 0.807. The minimum atomic E-state index is -0.349. The van der Waals surface area contributed by atoms with Gasteiger partial charge in [-0.2, -0.15) is 0 Å². The third-order valence-electron chi connectivity index (χ3n) is 2.99. The van der Waals surface area contributed by atoms with Gasteiger partial charge in [0.15, 0.2) is 5.76 Å². The smallest absolute Gasteiger partial charge is 0.313 e. The van der Waals surface area contributed by atoms with Gasteiger partial charge in [-0.1, -0.05) is 12.1 Å². The molecule has 1 amide bonds. The minimum absolute atomic E-state index is 0.246. The maximum absolute atomic E-state index is 12.9. The van der Waals surface area contributed by atoms with Gasteiger partial charge >= 0.3 is 5.91 Å². The molecular formula is C15H16FNO3. The highest BCUT2D eigenvalue weighted by atomic mass is 19.1. The lowest BCUT2D eigenvalue weighted by molar-refractivity contribution is -0.0774. The van der Waals surface area contributed by atoms with E-state index in [1.165, 1.54) is 26.3 Å². The fourth-order valence-electron chi connectivity index (χ4n) is 1.93. The van der Waals surface area contributed by atoms with Crippen LogP contribution in [0, 0.1) is 12.7 Å². The number of hydroxylamine groups is 2. The first-order chi connectivity index (χ1) is 9.51. The van der Waals surface area contributed by atoms with Gasteiger partial charge in [0.05, 0.1) is 7.11 Å². The highest BCUT2D eigenvalue weighted by Crippen LogP contribution is 2.20. The average molecular weight is 277 g/mol. The van der Waals surface area contributed by atoms with Gasteiger partial charge in [0, 0.05) is 19.0 Å². The molecule has 0 N–H and O–H groups in total. The maximum Gasteiger partial charge on any atom is 0.313 e. The van der Waals surface area contributed by atoms with Crippen LogP contribution in [0.15, 0.2) is 34.7 Å². The van der Waals surface area contributed by atoms with Gasteiger partial charge in [-0.25, -0.2) is 9.45 Å². The summed E-state index contributed by atoms with van der Waals surface area (Å²) in [7, 11) is 2.93. The topological polar surface area (TPSA) is 42.7 Å². The first-order valence-corrected chi connectivity index (χ1v) is 6.17. The van der Waals surface area contributed by atoms with Gasteiger partial charge < -0.3 is 4.42 Å². The van der Waals surface area contributed by atoms with Crippen molar-refractivity contribution in [1.82, 2.24) is 5.06 Å². The Morgan fingerprint density at radius 1 is 1.35 bits per heavy atom. The molecule has 20 heavy (non-hydrogen) atoms. The van der Waals surface area contributed by atoms with Gasteiger partial charge in [0.25, 0.3) is 0 Å². The molecule has 1 aromatic carbocycles. The van der Waals surface area contributed by atoms with E-state index in [1.807, 2.05) is 0 Å². The molecule has 4 nitrogen and oxygen atoms in total. The van der Waals surface area contributed by atoms with E-state index in [2.05, 4.69) is 0 Å². The number of furan rings is 1. The van der Waals surface area contributed by atoms with Crippen LogP contribution in [0.1, 0.15) is 27.4 Å². The Labute approximate surface area is 116 Å². The van der Waals surface area contributed by atoms with Crippen LogP contribution in [0.5, 0.6) is 0 Å². The number of benzene rings is 1. The van der Waals surface area contributed by atoms with Crippen molar-refractivity contribution in [2.45, 2.75) is 13.3 Å². The molecular weight excluding hydrogens is 261 g/mol. The normalized spacial score (nSPS) is 10.6. The molecule has 2 rings (SSSR count). The van der Waals surface area contributed by atoms with Crippen molar-refractivity contribution in [3.05, 3.63) is 58.8 Å². The van der Waals surface area contributed by atoms with Crippen molar-refractivity contribution in [3.8, 4) is 0 Å². The summed E-state index contributed by atoms with van der Waals surface area (Å²) in [4.78, 5) is 17.0. The third kappa shape index (κ3) is 3.05. The van der Waals surface area contributed by atoms with E-state index < -0.39 is 0 Å². The summed E-state index contributed by atoms with van der Waals surface area (Å²) in [5, 5.41) is 1.10. The minimum Gasteiger partial charge on any atom is -0.456 e. The first kappa shape index (κ1) is 14.3. The monoisotopic (exact) mass is 277 g/mol. The average Bonchev–Trinajstić information content (AvgIpc) is 2.80. The Morgan fingerprint density at radius 2 is 2.00 bits per heavy atom. The zero-order valence-electron chi connectivity index (χ0n) is 11.6. The summed E-state index contributed by atoms with van der Waals surface area (Å²) in [6, 6.07) is 7.97. The molecule has 0 unspecified atom stereocenters. The molecule has 0 aliphatic rings. The molecule has 5 heteroatoms. The van der Waals surface area contributed by atoms with Crippen LogP contribution in [0.4, 0.5) is 4.39 Å². The second-order valence-corrected chi connectivity index (χ2v) is 4.50. The number of carbonyl (C=O) groups excluding carboxylic acids is 1. The molecule has 0 spiro atoms. The Balaban J connectivity index is 2.28. The van der Waals surface area contributed by atoms with Crippen LogP contribution in [0.2, 0.25) is 0 Å². The lowest BCUT2D eigenvalue weighted by Crippen LogP contribution is -2.25. The summed E-state index contributed by atoms with van der Waals surface area (Å²) in [6.45, 7) is 1.78. The van der Waals surface area contributed by atoms with Crippen LogP contribution in [-0.2, 0) is 11.3 Å². The number of hydrogen-bond acceptors (Lipinski definition) is 3. The molecule has 0 aliphatic carbocycles. The van der Waals surface area contributed by atoms with Crippen LogP contribution in [-0.4, -0.2) is 25.1 Å². The number of aryl methyl sites for hydroxylation is 1. The fourth-order valence-corrected chi connectivity index (χ4v) is 1.93. The Kier molecular flexibility index (Phi) is 4.20. The SMILES string of the molecule is CON(C)C(=O)c1oc(C)cc1Cc1ccc(F)cc1. The largest absolute Gasteiger partial charge is 0.456 e. The third-order valence-corrected chi connectivity index (χ3v) is 2.99. The van der Waals surface area contributed by atoms with Gasteiger partial charge in [-0.3, -0.25) is 9.63 Å². The second kappa shape index (κ2) is 5.88. The standard InChI is InChI=1S/C15H16FNO3/c1-10-8-12(9-11-4-6-13(16)7-5-11)14(20-10)15(18)17(2)19-3/h4-8H,9H2,1-3H3. The van der Waals surface area contributed by atoms with Crippen LogP contribution < -0.4 is 0 Å². The molecule has 0 radical (unpaired) electrons. The summed E-state index contributed by atoms with van der Waals surface area (Å²) in [5.41, 5.74) is 1.66. The molecule has 0 bridgehead atoms. The predicted molar refractivity (Wildman–Crippen MR) is 71.8 cm³/mol. The number of carbonyl (C=O) groups is 1. The molecule has 0 fully saturated rings. The van der Waals surface area contributed by atoms with Crippen LogP contribution >= 0.6 is 0 Å². The van der Waals surface area contributed by atoms with Gasteiger partial charge in [-0.15, -0.1) is 0 Å². The second-order valence-electron chi connectivity index (χ2n) is 4.50. The molecule has 0 saturated carbocycles. The van der Waals surface area contributed by atoms with Crippen molar-refractivity contribution < 1.29 is 18.4 Å². The summed E-state index contributed by atoms with van der Waals surface area (Å²) in [5.74, 6) is 0.261. The summed E-state index contributed by atoms with van der Waals surface area (Å²) in [6.07, 6.45) is 0.496. The van der Waals surface area contributed by atoms with E-state index in [0.29, 0.717) is 12.2 Å². The fraction of sp³-hybridized carbons (Fsp3) is 0.267. The highest BCUT2D eigenvalue weighted by Gasteiger charge is 2.21. The molecule has 0 aliphatic heterocycles. The van der Waals surface area contributed by atoms with E-state index in [-0.39, 0.29) is 17.5 Å². The van der Waals surface area contributed by atoms with Crippen LogP contribution in [0.3, 0.4) is 0 Å². The lowest BCUT2D eigenvalue weighted by Gasteiger charge is -2.12. The van der Waals surface area contributed by atoms with Crippen molar-refractivity contribution in [1.29, 1.82) is 0 Å². The highest BCUT2D eigenvalue weighted by molar-refractivity contribution is 5.92. The molecule has 106 valence electrons. The molecule has 0 saturated heterocycles. The Morgan fingerprint density at radius 3 is 2.60 bits per heavy atom. The van der Waals surface area contributed by atoms with Gasteiger partial charge in [-0.05, 0) is 30.7 Å².